The van der Waals surface area contributed by atoms with E-state index in [-0.39, 0.29) is 26.2 Å². The number of rotatable bonds is 9. The molecule has 0 saturated carbocycles. The maximum Gasteiger partial charge on any atom is 0.350 e. The zero-order chi connectivity index (χ0) is 21.6. The zero-order valence-electron chi connectivity index (χ0n) is 17.7. The van der Waals surface area contributed by atoms with Gasteiger partial charge in [-0.2, -0.15) is 0 Å². The van der Waals surface area contributed by atoms with Crippen molar-refractivity contribution in [1.82, 2.24) is 0 Å². The fourth-order valence-corrected chi connectivity index (χ4v) is 2.30. The van der Waals surface area contributed by atoms with E-state index >= 15 is 0 Å². The molecule has 0 aromatic heterocycles. The first-order chi connectivity index (χ1) is 13.4. The summed E-state index contributed by atoms with van der Waals surface area (Å²) in [7, 11) is 1.29. The van der Waals surface area contributed by atoms with Crippen molar-refractivity contribution in [3.8, 4) is 0 Å². The van der Waals surface area contributed by atoms with Crippen LogP contribution in [0.1, 0.15) is 57.0 Å². The van der Waals surface area contributed by atoms with E-state index in [4.69, 9.17) is 14.2 Å². The maximum atomic E-state index is 12.5. The second-order valence-electron chi connectivity index (χ2n) is 5.77. The van der Waals surface area contributed by atoms with Crippen LogP contribution in [0.15, 0.2) is 24.3 Å². The van der Waals surface area contributed by atoms with E-state index in [1.54, 1.807) is 45.0 Å². The lowest BCUT2D eigenvalue weighted by molar-refractivity contribution is -0.190. The monoisotopic (exact) mass is 396 g/mol. The van der Waals surface area contributed by atoms with Crippen molar-refractivity contribution in [3.05, 3.63) is 35.4 Å². The molecule has 0 unspecified atom stereocenters. The first-order valence-corrected chi connectivity index (χ1v) is 9.52. The highest BCUT2D eigenvalue weighted by Gasteiger charge is 2.50. The largest absolute Gasteiger partial charge is 0.465 e. The minimum absolute atomic E-state index is 0.0695. The van der Waals surface area contributed by atoms with Gasteiger partial charge < -0.3 is 18.9 Å². The Bertz CT molecular complexity index is 590. The first kappa shape index (κ1) is 25.6. The minimum Gasteiger partial charge on any atom is -0.465 e. The Balaban J connectivity index is 0.00000227. The molecule has 0 saturated heterocycles. The van der Waals surface area contributed by atoms with E-state index < -0.39 is 23.5 Å². The summed E-state index contributed by atoms with van der Waals surface area (Å²) in [6.07, 6.45) is 1.18. The van der Waals surface area contributed by atoms with Crippen LogP contribution in [0.4, 0.5) is 0 Å². The molecule has 0 fully saturated rings. The van der Waals surface area contributed by atoms with Crippen LogP contribution in [0.2, 0.25) is 0 Å². The molecule has 0 aliphatic heterocycles. The van der Waals surface area contributed by atoms with Gasteiger partial charge in [0.25, 0.3) is 5.60 Å². The Kier molecular flexibility index (Phi) is 12.5. The van der Waals surface area contributed by atoms with Crippen LogP contribution in [-0.2, 0) is 35.0 Å². The molecule has 0 aliphatic rings. The van der Waals surface area contributed by atoms with E-state index in [0.717, 1.165) is 0 Å². The standard InChI is InChI=1S/C18H24O7.C3H8/c1-5-23-16(20)18(25-7-3,17(21)24-6-2)12-13-8-10-14(11-9-13)15(19)22-4;1-3-2/h8-11H,5-7,12H2,1-4H3;3H2,1-2H3. The fourth-order valence-electron chi connectivity index (χ4n) is 2.30. The quantitative estimate of drug-likeness (QED) is 0.359. The molecule has 1 aromatic rings. The molecular formula is C21H32O7. The van der Waals surface area contributed by atoms with E-state index in [2.05, 4.69) is 18.6 Å². The average molecular weight is 396 g/mol. The van der Waals surface area contributed by atoms with Gasteiger partial charge in [0.15, 0.2) is 0 Å². The molecule has 0 spiro atoms. The van der Waals surface area contributed by atoms with Gasteiger partial charge in [0, 0.05) is 13.0 Å². The molecule has 0 heterocycles. The van der Waals surface area contributed by atoms with Crippen LogP contribution >= 0.6 is 0 Å². The number of hydrogen-bond acceptors (Lipinski definition) is 7. The summed E-state index contributed by atoms with van der Waals surface area (Å²) in [5, 5.41) is 0. The van der Waals surface area contributed by atoms with Gasteiger partial charge >= 0.3 is 17.9 Å². The summed E-state index contributed by atoms with van der Waals surface area (Å²) in [5.41, 5.74) is -0.907. The van der Waals surface area contributed by atoms with Crippen molar-refractivity contribution < 1.29 is 33.3 Å². The number of ether oxygens (including phenoxy) is 4. The van der Waals surface area contributed by atoms with Crippen molar-refractivity contribution in [3.63, 3.8) is 0 Å². The van der Waals surface area contributed by atoms with Crippen LogP contribution in [0.3, 0.4) is 0 Å². The van der Waals surface area contributed by atoms with Crippen molar-refractivity contribution in [1.29, 1.82) is 0 Å². The third kappa shape index (κ3) is 7.31. The van der Waals surface area contributed by atoms with Gasteiger partial charge in [-0.1, -0.05) is 32.4 Å². The fraction of sp³-hybridized carbons (Fsp3) is 0.571. The SMILES string of the molecule is CCC.CCOC(=O)C(Cc1ccc(C(=O)OC)cc1)(OCC)C(=O)OCC. The zero-order valence-corrected chi connectivity index (χ0v) is 17.7. The van der Waals surface area contributed by atoms with Gasteiger partial charge in [-0.15, -0.1) is 0 Å². The Hall–Kier alpha value is -2.41. The molecule has 28 heavy (non-hydrogen) atoms. The summed E-state index contributed by atoms with van der Waals surface area (Å²) in [6.45, 7) is 9.55. The highest BCUT2D eigenvalue weighted by Crippen LogP contribution is 2.23. The predicted octanol–water partition coefficient (Wildman–Crippen LogP) is 3.33. The molecule has 0 aliphatic carbocycles. The summed E-state index contributed by atoms with van der Waals surface area (Å²) in [5.74, 6) is -2.07. The van der Waals surface area contributed by atoms with Crippen LogP contribution in [0, 0.1) is 0 Å². The summed E-state index contributed by atoms with van der Waals surface area (Å²) < 4.78 is 20.2. The number of hydrogen-bond donors (Lipinski definition) is 0. The lowest BCUT2D eigenvalue weighted by Gasteiger charge is -2.29. The van der Waals surface area contributed by atoms with Crippen molar-refractivity contribution in [2.75, 3.05) is 26.9 Å². The van der Waals surface area contributed by atoms with Crippen molar-refractivity contribution in [2.24, 2.45) is 0 Å². The van der Waals surface area contributed by atoms with E-state index in [1.807, 2.05) is 0 Å². The Morgan fingerprint density at radius 3 is 1.64 bits per heavy atom. The average Bonchev–Trinajstić information content (AvgIpc) is 2.68. The molecule has 1 rings (SSSR count). The molecule has 158 valence electrons. The van der Waals surface area contributed by atoms with E-state index in [9.17, 15) is 14.4 Å². The summed E-state index contributed by atoms with van der Waals surface area (Å²) >= 11 is 0. The summed E-state index contributed by atoms with van der Waals surface area (Å²) in [4.78, 5) is 36.5. The van der Waals surface area contributed by atoms with Crippen LogP contribution in [0.5, 0.6) is 0 Å². The van der Waals surface area contributed by atoms with Crippen LogP contribution < -0.4 is 0 Å². The second-order valence-corrected chi connectivity index (χ2v) is 5.77. The predicted molar refractivity (Wildman–Crippen MR) is 105 cm³/mol. The first-order valence-electron chi connectivity index (χ1n) is 9.52. The van der Waals surface area contributed by atoms with Crippen molar-refractivity contribution in [2.45, 2.75) is 53.1 Å². The van der Waals surface area contributed by atoms with Gasteiger partial charge in [-0.25, -0.2) is 14.4 Å². The Labute approximate surface area is 167 Å². The molecule has 0 radical (unpaired) electrons. The van der Waals surface area contributed by atoms with Crippen LogP contribution in [0.25, 0.3) is 0 Å². The third-order valence-corrected chi connectivity index (χ3v) is 3.43. The number of benzene rings is 1. The second kappa shape index (κ2) is 13.7. The maximum absolute atomic E-state index is 12.5. The molecule has 7 heteroatoms. The normalized spacial score (nSPS) is 10.4. The van der Waals surface area contributed by atoms with Gasteiger partial charge in [0.05, 0.1) is 25.9 Å². The Morgan fingerprint density at radius 1 is 0.821 bits per heavy atom. The van der Waals surface area contributed by atoms with Gasteiger partial charge in [0.1, 0.15) is 0 Å². The minimum atomic E-state index is -1.88. The lowest BCUT2D eigenvalue weighted by atomic mass is 9.93. The number of carbonyl (C=O) groups excluding carboxylic acids is 3. The molecule has 7 nitrogen and oxygen atoms in total. The number of esters is 3. The van der Waals surface area contributed by atoms with E-state index in [1.165, 1.54) is 13.5 Å². The molecule has 0 N–H and O–H groups in total. The molecular weight excluding hydrogens is 364 g/mol. The van der Waals surface area contributed by atoms with Gasteiger partial charge in [0.2, 0.25) is 0 Å². The molecule has 0 atom stereocenters. The number of carbonyl (C=O) groups is 3. The highest BCUT2D eigenvalue weighted by molar-refractivity contribution is 6.04. The molecule has 0 amide bonds. The van der Waals surface area contributed by atoms with E-state index in [0.29, 0.717) is 11.1 Å². The van der Waals surface area contributed by atoms with Gasteiger partial charge in [-0.3, -0.25) is 0 Å². The Morgan fingerprint density at radius 2 is 1.29 bits per heavy atom. The highest BCUT2D eigenvalue weighted by atomic mass is 16.6. The van der Waals surface area contributed by atoms with Crippen molar-refractivity contribution >= 4 is 17.9 Å². The van der Waals surface area contributed by atoms with Crippen LogP contribution in [-0.4, -0.2) is 50.4 Å². The van der Waals surface area contributed by atoms with Gasteiger partial charge in [-0.05, 0) is 38.5 Å². The molecule has 1 aromatic carbocycles. The lowest BCUT2D eigenvalue weighted by Crippen LogP contribution is -2.53. The topological polar surface area (TPSA) is 88.1 Å². The number of methoxy groups -OCH3 is 1. The molecule has 0 bridgehead atoms. The summed E-state index contributed by atoms with van der Waals surface area (Å²) in [6, 6.07) is 6.35. The third-order valence-electron chi connectivity index (χ3n) is 3.43. The smallest absolute Gasteiger partial charge is 0.350 e.